The SMILES string of the molecule is Cc1c(-c2cc(N3C(=O)[C@@H]4C[C@@H]5C(=CC[C@@H]6C(=O)N(c7ccc(Cl)cc7)C(=O)[C@@H]65)[C@H](c5ccc(O)cc5)[C@]4(C)C3=O)n(C)n2)sc2ccc(Cl)cc12. The number of carbonyl (C=O) groups is 4. The molecule has 1 N–H and O–H groups in total. The van der Waals surface area contributed by atoms with Gasteiger partial charge in [0.05, 0.1) is 33.7 Å². The van der Waals surface area contributed by atoms with Crippen LogP contribution in [0.4, 0.5) is 11.5 Å². The largest absolute Gasteiger partial charge is 0.508 e. The van der Waals surface area contributed by atoms with Crippen LogP contribution in [0.1, 0.15) is 36.8 Å². The van der Waals surface area contributed by atoms with Crippen molar-refractivity contribution in [1.29, 1.82) is 0 Å². The van der Waals surface area contributed by atoms with Crippen molar-refractivity contribution in [2.75, 3.05) is 9.80 Å². The molecule has 262 valence electrons. The molecule has 0 unspecified atom stereocenters. The molecule has 3 fully saturated rings. The van der Waals surface area contributed by atoms with Crippen molar-refractivity contribution in [1.82, 2.24) is 9.78 Å². The van der Waals surface area contributed by atoms with Crippen LogP contribution in [0.2, 0.25) is 10.0 Å². The van der Waals surface area contributed by atoms with Crippen LogP contribution in [0, 0.1) is 36.0 Å². The van der Waals surface area contributed by atoms with Crippen molar-refractivity contribution in [2.45, 2.75) is 32.6 Å². The number of phenolic OH excluding ortho intramolecular Hbond substituents is 1. The zero-order chi connectivity index (χ0) is 36.4. The van der Waals surface area contributed by atoms with Crippen LogP contribution < -0.4 is 9.80 Å². The number of hydrogen-bond donors (Lipinski definition) is 1. The monoisotopic (exact) mass is 750 g/mol. The molecular formula is C40H32Cl2N4O5S. The van der Waals surface area contributed by atoms with Crippen LogP contribution in [0.3, 0.4) is 0 Å². The third-order valence-electron chi connectivity index (χ3n) is 11.8. The fourth-order valence-corrected chi connectivity index (χ4v) is 10.8. The van der Waals surface area contributed by atoms with Crippen LogP contribution >= 0.6 is 34.5 Å². The van der Waals surface area contributed by atoms with Gasteiger partial charge in [-0.05, 0) is 104 Å². The normalized spacial score (nSPS) is 26.9. The van der Waals surface area contributed by atoms with Gasteiger partial charge in [-0.1, -0.05) is 47.0 Å². The van der Waals surface area contributed by atoms with E-state index in [4.69, 9.17) is 28.3 Å². The van der Waals surface area contributed by atoms with E-state index in [2.05, 4.69) is 0 Å². The average Bonchev–Trinajstić information content (AvgIpc) is 3.79. The number of nitrogens with zero attached hydrogens (tertiary/aromatic N) is 4. The molecule has 4 amide bonds. The smallest absolute Gasteiger partial charge is 0.242 e. The molecule has 52 heavy (non-hydrogen) atoms. The molecule has 2 aliphatic heterocycles. The summed E-state index contributed by atoms with van der Waals surface area (Å²) in [6.07, 6.45) is 2.57. The maximum Gasteiger partial charge on any atom is 0.242 e. The molecule has 2 aromatic heterocycles. The number of imide groups is 2. The first-order chi connectivity index (χ1) is 24.9. The van der Waals surface area contributed by atoms with Gasteiger partial charge < -0.3 is 5.11 Å². The number of thiophene rings is 1. The first-order valence-electron chi connectivity index (χ1n) is 17.1. The second kappa shape index (κ2) is 11.6. The molecule has 4 aliphatic rings. The summed E-state index contributed by atoms with van der Waals surface area (Å²) in [6, 6.07) is 20.9. The number of aromatic hydroxyl groups is 1. The number of amides is 4. The van der Waals surface area contributed by atoms with Gasteiger partial charge in [0, 0.05) is 33.8 Å². The minimum Gasteiger partial charge on any atom is -0.508 e. The third-order valence-corrected chi connectivity index (χ3v) is 13.6. The summed E-state index contributed by atoms with van der Waals surface area (Å²) in [7, 11) is 1.72. The Morgan fingerprint density at radius 3 is 2.31 bits per heavy atom. The Balaban J connectivity index is 1.14. The molecule has 9 nitrogen and oxygen atoms in total. The number of anilines is 2. The maximum absolute atomic E-state index is 15.0. The van der Waals surface area contributed by atoms with E-state index in [-0.39, 0.29) is 35.8 Å². The number of aryl methyl sites for hydroxylation is 2. The summed E-state index contributed by atoms with van der Waals surface area (Å²) in [6.45, 7) is 3.85. The van der Waals surface area contributed by atoms with Crippen molar-refractivity contribution < 1.29 is 24.3 Å². The van der Waals surface area contributed by atoms with Gasteiger partial charge in [-0.15, -0.1) is 11.3 Å². The van der Waals surface area contributed by atoms with Gasteiger partial charge >= 0.3 is 0 Å². The second-order valence-corrected chi connectivity index (χ2v) is 16.4. The number of allylic oxidation sites excluding steroid dienone is 2. The van der Waals surface area contributed by atoms with Crippen LogP contribution in [0.25, 0.3) is 20.7 Å². The molecule has 12 heteroatoms. The molecule has 4 heterocycles. The van der Waals surface area contributed by atoms with Crippen LogP contribution in [0.5, 0.6) is 5.75 Å². The van der Waals surface area contributed by atoms with Gasteiger partial charge in [-0.3, -0.25) is 28.8 Å². The Bertz CT molecular complexity index is 2420. The van der Waals surface area contributed by atoms with Crippen LogP contribution in [-0.2, 0) is 26.2 Å². The number of fused-ring (bicyclic) bond motifs is 5. The number of halogens is 2. The quantitative estimate of drug-likeness (QED) is 0.147. The molecule has 5 aromatic rings. The topological polar surface area (TPSA) is 113 Å². The average molecular weight is 752 g/mol. The summed E-state index contributed by atoms with van der Waals surface area (Å²) in [5.74, 6) is -4.01. The Morgan fingerprint density at radius 2 is 1.58 bits per heavy atom. The molecule has 9 rings (SSSR count). The van der Waals surface area contributed by atoms with E-state index in [1.165, 1.54) is 9.80 Å². The van der Waals surface area contributed by atoms with E-state index < -0.39 is 35.0 Å². The zero-order valence-electron chi connectivity index (χ0n) is 28.3. The van der Waals surface area contributed by atoms with Crippen molar-refractivity contribution >= 4 is 79.8 Å². The third kappa shape index (κ3) is 4.56. The first-order valence-corrected chi connectivity index (χ1v) is 18.7. The number of rotatable bonds is 4. The molecule has 6 atom stereocenters. The predicted molar refractivity (Wildman–Crippen MR) is 200 cm³/mol. The minimum atomic E-state index is -1.22. The van der Waals surface area contributed by atoms with Crippen LogP contribution in [-0.4, -0.2) is 38.5 Å². The summed E-state index contributed by atoms with van der Waals surface area (Å²) < 4.78 is 2.63. The number of benzene rings is 3. The predicted octanol–water partition coefficient (Wildman–Crippen LogP) is 8.06. The Labute approximate surface area is 313 Å². The van der Waals surface area contributed by atoms with E-state index >= 15 is 0 Å². The standard InChI is InChI=1S/C40H32Cl2N4O5S/c1-19-27-16-22(42)8-15-31(27)52-35(19)30-18-32(44(3)43-30)46-37(49)29-17-28-25(34(40(29,2)39(46)51)20-4-11-24(47)12-5-20)13-14-26-33(28)38(50)45(36(26)48)23-9-6-21(41)7-10-23/h4-13,15-16,18,26,28-29,33-34,47H,14,17H2,1-3H3/t26-,28+,29-,33-,34-,40+/m0/s1. The Hall–Kier alpha value is -4.77. The van der Waals surface area contributed by atoms with Gasteiger partial charge in [0.2, 0.25) is 23.6 Å². The lowest BCUT2D eigenvalue weighted by molar-refractivity contribution is -0.131. The van der Waals surface area contributed by atoms with E-state index in [9.17, 15) is 24.3 Å². The fraction of sp³-hybridized carbons (Fsp3) is 0.275. The highest BCUT2D eigenvalue weighted by Gasteiger charge is 2.68. The Morgan fingerprint density at radius 1 is 0.865 bits per heavy atom. The van der Waals surface area contributed by atoms with Crippen molar-refractivity contribution in [3.05, 3.63) is 106 Å². The summed E-state index contributed by atoms with van der Waals surface area (Å²) >= 11 is 14.0. The number of carbonyl (C=O) groups excluding carboxylic acids is 4. The van der Waals surface area contributed by atoms with Crippen molar-refractivity contribution in [2.24, 2.45) is 36.1 Å². The van der Waals surface area contributed by atoms with Gasteiger partial charge in [0.25, 0.3) is 0 Å². The summed E-state index contributed by atoms with van der Waals surface area (Å²) in [4.78, 5) is 61.4. The van der Waals surface area contributed by atoms with Crippen molar-refractivity contribution in [3.63, 3.8) is 0 Å². The zero-order valence-corrected chi connectivity index (χ0v) is 30.7. The van der Waals surface area contributed by atoms with E-state index in [0.29, 0.717) is 33.7 Å². The highest BCUT2D eigenvalue weighted by molar-refractivity contribution is 7.22. The number of aromatic nitrogens is 2. The minimum absolute atomic E-state index is 0.0716. The maximum atomic E-state index is 15.0. The molecule has 0 radical (unpaired) electrons. The van der Waals surface area contributed by atoms with Gasteiger partial charge in [0.1, 0.15) is 17.3 Å². The Kier molecular flexibility index (Phi) is 7.39. The molecular weight excluding hydrogens is 719 g/mol. The van der Waals surface area contributed by atoms with Gasteiger partial charge in [-0.2, -0.15) is 5.10 Å². The molecule has 0 spiro atoms. The number of hydrogen-bond acceptors (Lipinski definition) is 7. The highest BCUT2D eigenvalue weighted by Crippen LogP contribution is 2.64. The summed E-state index contributed by atoms with van der Waals surface area (Å²) in [5, 5.41) is 17.2. The fourth-order valence-electron chi connectivity index (χ4n) is 9.34. The lowest BCUT2D eigenvalue weighted by Crippen LogP contribution is -2.48. The number of phenols is 1. The molecule has 3 aromatic carbocycles. The molecule has 0 bridgehead atoms. The second-order valence-electron chi connectivity index (χ2n) is 14.4. The van der Waals surface area contributed by atoms with Crippen LogP contribution in [0.15, 0.2) is 84.4 Å². The lowest BCUT2D eigenvalue weighted by atomic mass is 9.51. The lowest BCUT2D eigenvalue weighted by Gasteiger charge is -2.49. The molecule has 2 saturated heterocycles. The summed E-state index contributed by atoms with van der Waals surface area (Å²) in [5.41, 5.74) is 2.50. The highest BCUT2D eigenvalue weighted by atomic mass is 35.5. The first kappa shape index (κ1) is 33.1. The van der Waals surface area contributed by atoms with Gasteiger partial charge in [-0.25, -0.2) is 4.90 Å². The van der Waals surface area contributed by atoms with E-state index in [0.717, 1.165) is 31.7 Å². The van der Waals surface area contributed by atoms with Gasteiger partial charge in [0.15, 0.2) is 0 Å². The molecule has 2 aliphatic carbocycles. The van der Waals surface area contributed by atoms with E-state index in [1.807, 2.05) is 38.1 Å². The van der Waals surface area contributed by atoms with Crippen molar-refractivity contribution in [3.8, 4) is 16.3 Å². The molecule has 1 saturated carbocycles. The van der Waals surface area contributed by atoms with E-state index in [1.54, 1.807) is 77.7 Å².